The molecule has 3 aromatic rings. The van der Waals surface area contributed by atoms with Gasteiger partial charge >= 0.3 is 0 Å². The molecule has 1 N–H and O–H groups in total. The van der Waals surface area contributed by atoms with Crippen LogP contribution in [0.2, 0.25) is 5.02 Å². The molecule has 122 valence electrons. The van der Waals surface area contributed by atoms with E-state index in [0.717, 1.165) is 0 Å². The van der Waals surface area contributed by atoms with Crippen molar-refractivity contribution in [3.63, 3.8) is 0 Å². The molecule has 0 bridgehead atoms. The lowest BCUT2D eigenvalue weighted by atomic mass is 10.2. The van der Waals surface area contributed by atoms with Gasteiger partial charge in [0.1, 0.15) is 0 Å². The summed E-state index contributed by atoms with van der Waals surface area (Å²) in [5, 5.41) is 2.86. The molecule has 0 saturated heterocycles. The highest BCUT2D eigenvalue weighted by Crippen LogP contribution is 2.22. The number of anilines is 1. The second-order valence-corrected chi connectivity index (χ2v) is 5.57. The molecular weight excluding hydrogens is 333 g/mol. The van der Waals surface area contributed by atoms with Gasteiger partial charge in [-0.1, -0.05) is 29.8 Å². The van der Waals surface area contributed by atoms with E-state index in [0.29, 0.717) is 10.9 Å². The third kappa shape index (κ3) is 3.28. The summed E-state index contributed by atoms with van der Waals surface area (Å²) in [5.41, 5.74) is 0.392. The Hall–Kier alpha value is -2.73. The molecule has 24 heavy (non-hydrogen) atoms. The topological polar surface area (TPSA) is 64.0 Å². The van der Waals surface area contributed by atoms with Crippen LogP contribution < -0.4 is 10.9 Å². The van der Waals surface area contributed by atoms with Gasteiger partial charge in [-0.15, -0.1) is 0 Å². The maximum Gasteiger partial charge on any atom is 0.261 e. The minimum atomic E-state index is -0.683. The fraction of sp³-hybridized carbons (Fsp3) is 0.118. The molecule has 0 aliphatic rings. The van der Waals surface area contributed by atoms with Crippen molar-refractivity contribution in [1.82, 2.24) is 9.55 Å². The van der Waals surface area contributed by atoms with E-state index >= 15 is 0 Å². The molecule has 0 saturated carbocycles. The van der Waals surface area contributed by atoms with Gasteiger partial charge in [-0.05, 0) is 24.3 Å². The Morgan fingerprint density at radius 1 is 1.21 bits per heavy atom. The van der Waals surface area contributed by atoms with Gasteiger partial charge < -0.3 is 5.32 Å². The maximum absolute atomic E-state index is 13.8. The van der Waals surface area contributed by atoms with Crippen molar-refractivity contribution >= 4 is 34.1 Å². The average molecular weight is 346 g/mol. The monoisotopic (exact) mass is 345 g/mol. The van der Waals surface area contributed by atoms with Gasteiger partial charge in [0.2, 0.25) is 5.91 Å². The number of hydrogen-bond donors (Lipinski definition) is 1. The van der Waals surface area contributed by atoms with Crippen molar-refractivity contribution in [2.45, 2.75) is 13.0 Å². The smallest absolute Gasteiger partial charge is 0.261 e. The molecule has 7 heteroatoms. The number of aromatic nitrogens is 2. The van der Waals surface area contributed by atoms with Crippen molar-refractivity contribution in [2.24, 2.45) is 0 Å². The lowest BCUT2D eigenvalue weighted by molar-refractivity contribution is -0.116. The van der Waals surface area contributed by atoms with E-state index in [4.69, 9.17) is 11.6 Å². The van der Waals surface area contributed by atoms with Crippen molar-refractivity contribution in [2.75, 3.05) is 5.32 Å². The van der Waals surface area contributed by atoms with Crippen LogP contribution in [0.4, 0.5) is 10.1 Å². The first-order valence-electron chi connectivity index (χ1n) is 7.24. The van der Waals surface area contributed by atoms with Gasteiger partial charge in [0.25, 0.3) is 5.56 Å². The van der Waals surface area contributed by atoms with Gasteiger partial charge in [-0.3, -0.25) is 14.2 Å². The molecule has 1 aromatic heterocycles. The zero-order chi connectivity index (χ0) is 17.1. The number of rotatable bonds is 4. The van der Waals surface area contributed by atoms with Gasteiger partial charge in [-0.25, -0.2) is 9.37 Å². The quantitative estimate of drug-likeness (QED) is 0.789. The number of benzene rings is 2. The van der Waals surface area contributed by atoms with Gasteiger partial charge in [0.05, 0.1) is 27.9 Å². The van der Waals surface area contributed by atoms with Crippen LogP contribution in [0.25, 0.3) is 10.9 Å². The first-order valence-corrected chi connectivity index (χ1v) is 7.62. The van der Waals surface area contributed by atoms with E-state index in [1.165, 1.54) is 23.0 Å². The summed E-state index contributed by atoms with van der Waals surface area (Å²) in [6.45, 7) is 0.144. The van der Waals surface area contributed by atoms with E-state index < -0.39 is 11.7 Å². The van der Waals surface area contributed by atoms with Gasteiger partial charge in [-0.2, -0.15) is 0 Å². The average Bonchev–Trinajstić information content (AvgIpc) is 2.59. The Kier molecular flexibility index (Phi) is 4.57. The number of carbonyl (C=O) groups is 1. The van der Waals surface area contributed by atoms with E-state index in [1.807, 2.05) is 0 Å². The van der Waals surface area contributed by atoms with Crippen molar-refractivity contribution in [1.29, 1.82) is 0 Å². The summed E-state index contributed by atoms with van der Waals surface area (Å²) < 4.78 is 15.1. The molecule has 0 spiro atoms. The number of nitrogens with zero attached hydrogens (tertiary/aromatic N) is 2. The molecule has 1 amide bonds. The Morgan fingerprint density at radius 3 is 2.83 bits per heavy atom. The van der Waals surface area contributed by atoms with E-state index in [1.54, 1.807) is 30.3 Å². The van der Waals surface area contributed by atoms with Crippen LogP contribution in [0.1, 0.15) is 6.42 Å². The zero-order valence-corrected chi connectivity index (χ0v) is 13.3. The number of amides is 1. The molecule has 1 heterocycles. The van der Waals surface area contributed by atoms with Crippen molar-refractivity contribution in [3.05, 3.63) is 70.0 Å². The SMILES string of the molecule is O=C(CCn1cnc2ccccc2c1=O)Nc1cccc(Cl)c1F. The first kappa shape index (κ1) is 16.1. The standard InChI is InChI=1S/C17H13ClFN3O2/c18-12-5-3-7-14(16(12)19)21-15(23)8-9-22-10-20-13-6-2-1-4-11(13)17(22)24/h1-7,10H,8-9H2,(H,21,23). The lowest BCUT2D eigenvalue weighted by Crippen LogP contribution is -2.23. The molecule has 0 aliphatic heterocycles. The molecule has 0 atom stereocenters. The van der Waals surface area contributed by atoms with E-state index in [9.17, 15) is 14.0 Å². The van der Waals surface area contributed by atoms with Crippen molar-refractivity contribution in [3.8, 4) is 0 Å². The van der Waals surface area contributed by atoms with Crippen LogP contribution in [0.15, 0.2) is 53.6 Å². The normalized spacial score (nSPS) is 10.8. The summed E-state index contributed by atoms with van der Waals surface area (Å²) in [4.78, 5) is 28.5. The minimum Gasteiger partial charge on any atom is -0.323 e. The fourth-order valence-corrected chi connectivity index (χ4v) is 2.47. The molecular formula is C17H13ClFN3O2. The van der Waals surface area contributed by atoms with Crippen LogP contribution in [0.3, 0.4) is 0 Å². The zero-order valence-electron chi connectivity index (χ0n) is 12.5. The number of halogens is 2. The number of para-hydroxylation sites is 1. The number of fused-ring (bicyclic) bond motifs is 1. The Balaban J connectivity index is 1.72. The molecule has 5 nitrogen and oxygen atoms in total. The third-order valence-corrected chi connectivity index (χ3v) is 3.83. The highest BCUT2D eigenvalue weighted by Gasteiger charge is 2.10. The predicted molar refractivity (Wildman–Crippen MR) is 90.7 cm³/mol. The number of carbonyl (C=O) groups excluding carboxylic acids is 1. The Morgan fingerprint density at radius 2 is 2.00 bits per heavy atom. The molecule has 0 fully saturated rings. The summed E-state index contributed by atoms with van der Waals surface area (Å²) in [5.74, 6) is -1.10. The first-order chi connectivity index (χ1) is 11.6. The van der Waals surface area contributed by atoms with Crippen LogP contribution in [0.5, 0.6) is 0 Å². The fourth-order valence-electron chi connectivity index (χ4n) is 2.30. The van der Waals surface area contributed by atoms with Gasteiger partial charge in [0.15, 0.2) is 5.82 Å². The molecule has 0 unspecified atom stereocenters. The van der Waals surface area contributed by atoms with Gasteiger partial charge in [0, 0.05) is 13.0 Å². The third-order valence-electron chi connectivity index (χ3n) is 3.54. The highest BCUT2D eigenvalue weighted by atomic mass is 35.5. The second-order valence-electron chi connectivity index (χ2n) is 5.16. The largest absolute Gasteiger partial charge is 0.323 e. The van der Waals surface area contributed by atoms with E-state index in [2.05, 4.69) is 10.3 Å². The van der Waals surface area contributed by atoms with Crippen LogP contribution >= 0.6 is 11.6 Å². The Labute approximate surface area is 141 Å². The van der Waals surface area contributed by atoms with E-state index in [-0.39, 0.29) is 29.2 Å². The summed E-state index contributed by atoms with van der Waals surface area (Å²) >= 11 is 5.67. The van der Waals surface area contributed by atoms with Crippen LogP contribution in [-0.4, -0.2) is 15.5 Å². The molecule has 0 aliphatic carbocycles. The van der Waals surface area contributed by atoms with Crippen LogP contribution in [0, 0.1) is 5.82 Å². The maximum atomic E-state index is 13.8. The second kappa shape index (κ2) is 6.80. The molecule has 2 aromatic carbocycles. The number of hydrogen-bond acceptors (Lipinski definition) is 3. The van der Waals surface area contributed by atoms with Crippen LogP contribution in [-0.2, 0) is 11.3 Å². The summed E-state index contributed by atoms with van der Waals surface area (Å²) in [6, 6.07) is 11.3. The number of aryl methyl sites for hydroxylation is 1. The molecule has 3 rings (SSSR count). The molecule has 0 radical (unpaired) electrons. The number of nitrogens with one attached hydrogen (secondary N) is 1. The predicted octanol–water partition coefficient (Wildman–Crippen LogP) is 3.22. The van der Waals surface area contributed by atoms with Crippen molar-refractivity contribution < 1.29 is 9.18 Å². The lowest BCUT2D eigenvalue weighted by Gasteiger charge is -2.09. The summed E-state index contributed by atoms with van der Waals surface area (Å²) in [6.07, 6.45) is 1.41. The summed E-state index contributed by atoms with van der Waals surface area (Å²) in [7, 11) is 0. The Bertz CT molecular complexity index is 971. The minimum absolute atomic E-state index is 0.00583. The highest BCUT2D eigenvalue weighted by molar-refractivity contribution is 6.31.